The lowest BCUT2D eigenvalue weighted by Crippen LogP contribution is -2.22. The van der Waals surface area contributed by atoms with Crippen LogP contribution in [0.3, 0.4) is 0 Å². The van der Waals surface area contributed by atoms with Crippen LogP contribution in [0, 0.1) is 24.2 Å². The summed E-state index contributed by atoms with van der Waals surface area (Å²) in [5.74, 6) is 1.52. The molecule has 0 amide bonds. The first-order valence-electron chi connectivity index (χ1n) is 12.6. The van der Waals surface area contributed by atoms with Crippen molar-refractivity contribution >= 4 is 33.9 Å². The molecule has 0 N–H and O–H groups in total. The molecule has 2 aromatic carbocycles. The van der Waals surface area contributed by atoms with E-state index in [1.807, 2.05) is 68.4 Å². The van der Waals surface area contributed by atoms with Crippen LogP contribution in [0.4, 0.5) is 0 Å². The summed E-state index contributed by atoms with van der Waals surface area (Å²) in [5.41, 5.74) is 4.05. The van der Waals surface area contributed by atoms with Gasteiger partial charge in [-0.25, -0.2) is 4.98 Å². The second-order valence-electron chi connectivity index (χ2n) is 9.70. The smallest absolute Gasteiger partial charge is 0.173 e. The predicted molar refractivity (Wildman–Crippen MR) is 144 cm³/mol. The number of carbonyl (C=O) groups is 2. The van der Waals surface area contributed by atoms with Crippen molar-refractivity contribution in [1.29, 1.82) is 5.26 Å². The van der Waals surface area contributed by atoms with Gasteiger partial charge in [-0.3, -0.25) is 9.59 Å². The van der Waals surface area contributed by atoms with Crippen molar-refractivity contribution in [2.75, 3.05) is 0 Å². The highest BCUT2D eigenvalue weighted by Gasteiger charge is 2.29. The normalized spacial score (nSPS) is 17.7. The molecule has 5 nitrogen and oxygen atoms in total. The second-order valence-corrected chi connectivity index (χ2v) is 11.0. The SMILES string of the molecule is CCC(=O)c1ccc2c(c1)nc(-c1ccc(C#N)cc1)n2[C@H]1CCC[C@@H](CC(=O)c2ccc(C)s2)C1. The summed E-state index contributed by atoms with van der Waals surface area (Å²) in [7, 11) is 0. The number of thiophene rings is 1. The number of rotatable bonds is 7. The Morgan fingerprint density at radius 3 is 2.58 bits per heavy atom. The van der Waals surface area contributed by atoms with Gasteiger partial charge in [0.2, 0.25) is 0 Å². The Kier molecular flexibility index (Phi) is 6.84. The van der Waals surface area contributed by atoms with Crippen molar-refractivity contribution in [1.82, 2.24) is 9.55 Å². The summed E-state index contributed by atoms with van der Waals surface area (Å²) in [6.45, 7) is 3.90. The summed E-state index contributed by atoms with van der Waals surface area (Å²) in [6, 6.07) is 19.7. The Morgan fingerprint density at radius 1 is 1.08 bits per heavy atom. The Morgan fingerprint density at radius 2 is 1.89 bits per heavy atom. The number of fused-ring (bicyclic) bond motifs is 1. The van der Waals surface area contributed by atoms with Crippen molar-refractivity contribution in [3.05, 3.63) is 75.5 Å². The molecule has 0 aliphatic heterocycles. The first-order chi connectivity index (χ1) is 17.5. The summed E-state index contributed by atoms with van der Waals surface area (Å²) in [6.07, 6.45) is 5.08. The average Bonchev–Trinajstić information content (AvgIpc) is 3.51. The van der Waals surface area contributed by atoms with Gasteiger partial charge in [-0.15, -0.1) is 11.3 Å². The van der Waals surface area contributed by atoms with E-state index in [-0.39, 0.29) is 17.6 Å². The topological polar surface area (TPSA) is 75.8 Å². The lowest BCUT2D eigenvalue weighted by molar-refractivity contribution is 0.0944. The van der Waals surface area contributed by atoms with E-state index in [4.69, 9.17) is 4.98 Å². The Labute approximate surface area is 215 Å². The van der Waals surface area contributed by atoms with Crippen LogP contribution in [0.1, 0.15) is 82.0 Å². The average molecular weight is 496 g/mol. The predicted octanol–water partition coefficient (Wildman–Crippen LogP) is 7.54. The third-order valence-electron chi connectivity index (χ3n) is 7.21. The van der Waals surface area contributed by atoms with Gasteiger partial charge >= 0.3 is 0 Å². The van der Waals surface area contributed by atoms with Gasteiger partial charge in [0.1, 0.15) is 5.82 Å². The summed E-state index contributed by atoms with van der Waals surface area (Å²) in [4.78, 5) is 32.3. The first-order valence-corrected chi connectivity index (χ1v) is 13.4. The number of carbonyl (C=O) groups excluding carboxylic acids is 2. The second kappa shape index (κ2) is 10.2. The standard InChI is InChI=1S/C30H29N3O2S/c1-3-27(34)23-12-13-26-25(17-23)32-30(22-10-8-20(18-31)9-11-22)33(26)24-6-4-5-21(15-24)16-28(35)29-14-7-19(2)36-29/h7-14,17,21,24H,3-6,15-16H2,1-2H3/t21-,24+/m1/s1. The zero-order valence-corrected chi connectivity index (χ0v) is 21.5. The van der Waals surface area contributed by atoms with Gasteiger partial charge in [0.15, 0.2) is 11.6 Å². The molecule has 0 spiro atoms. The molecule has 1 aliphatic rings. The number of ketones is 2. The number of imidazole rings is 1. The largest absolute Gasteiger partial charge is 0.321 e. The van der Waals surface area contributed by atoms with Gasteiger partial charge in [-0.2, -0.15) is 5.26 Å². The minimum atomic E-state index is 0.103. The third kappa shape index (κ3) is 4.76. The van der Waals surface area contributed by atoms with E-state index < -0.39 is 0 Å². The first kappa shape index (κ1) is 24.1. The van der Waals surface area contributed by atoms with E-state index in [1.54, 1.807) is 11.3 Å². The van der Waals surface area contributed by atoms with Crippen LogP contribution < -0.4 is 0 Å². The number of nitrogens with zero attached hydrogens (tertiary/aromatic N) is 3. The Bertz CT molecular complexity index is 1470. The number of hydrogen-bond acceptors (Lipinski definition) is 5. The molecule has 0 unspecified atom stereocenters. The van der Waals surface area contributed by atoms with Crippen LogP contribution in [0.2, 0.25) is 0 Å². The number of aryl methyl sites for hydroxylation is 1. The van der Waals surface area contributed by atoms with E-state index in [0.29, 0.717) is 29.9 Å². The Hall–Kier alpha value is -3.56. The molecule has 0 radical (unpaired) electrons. The fourth-order valence-corrected chi connectivity index (χ4v) is 6.19. The molecule has 182 valence electrons. The van der Waals surface area contributed by atoms with E-state index in [0.717, 1.165) is 57.9 Å². The monoisotopic (exact) mass is 495 g/mol. The highest BCUT2D eigenvalue weighted by Crippen LogP contribution is 2.40. The quantitative estimate of drug-likeness (QED) is 0.248. The van der Waals surface area contributed by atoms with Crippen LogP contribution in [0.5, 0.6) is 0 Å². The number of nitriles is 1. The summed E-state index contributed by atoms with van der Waals surface area (Å²) in [5, 5.41) is 9.23. The molecule has 6 heteroatoms. The maximum atomic E-state index is 12.9. The van der Waals surface area contributed by atoms with Crippen LogP contribution in [0.15, 0.2) is 54.6 Å². The molecule has 2 aromatic heterocycles. The molecular formula is C30H29N3O2S. The maximum absolute atomic E-state index is 12.9. The Balaban J connectivity index is 1.51. The van der Waals surface area contributed by atoms with Crippen molar-refractivity contribution in [2.45, 2.75) is 58.4 Å². The molecular weight excluding hydrogens is 466 g/mol. The minimum absolute atomic E-state index is 0.103. The molecule has 1 saturated carbocycles. The van der Waals surface area contributed by atoms with Gasteiger partial charge in [-0.05, 0) is 86.7 Å². The van der Waals surface area contributed by atoms with Crippen molar-refractivity contribution in [2.24, 2.45) is 5.92 Å². The zero-order chi connectivity index (χ0) is 25.2. The van der Waals surface area contributed by atoms with Crippen LogP contribution in [0.25, 0.3) is 22.4 Å². The van der Waals surface area contributed by atoms with Crippen LogP contribution in [-0.2, 0) is 0 Å². The van der Waals surface area contributed by atoms with Gasteiger partial charge in [-0.1, -0.05) is 13.3 Å². The van der Waals surface area contributed by atoms with Gasteiger partial charge in [0.05, 0.1) is 27.5 Å². The number of Topliss-reactive ketones (excluding diaryl/α,β-unsaturated/α-hetero) is 2. The van der Waals surface area contributed by atoms with Crippen molar-refractivity contribution < 1.29 is 9.59 Å². The van der Waals surface area contributed by atoms with E-state index in [2.05, 4.69) is 10.6 Å². The zero-order valence-electron chi connectivity index (χ0n) is 20.7. The minimum Gasteiger partial charge on any atom is -0.321 e. The van der Waals surface area contributed by atoms with Crippen LogP contribution in [-0.4, -0.2) is 21.1 Å². The molecule has 2 heterocycles. The van der Waals surface area contributed by atoms with Crippen molar-refractivity contribution in [3.8, 4) is 17.5 Å². The van der Waals surface area contributed by atoms with E-state index in [1.165, 1.54) is 0 Å². The molecule has 1 aliphatic carbocycles. The van der Waals surface area contributed by atoms with Crippen LogP contribution >= 0.6 is 11.3 Å². The van der Waals surface area contributed by atoms with E-state index in [9.17, 15) is 14.9 Å². The molecule has 2 atom stereocenters. The van der Waals surface area contributed by atoms with Gasteiger partial charge in [0.25, 0.3) is 0 Å². The molecule has 5 rings (SSSR count). The molecule has 0 saturated heterocycles. The number of benzene rings is 2. The van der Waals surface area contributed by atoms with Gasteiger partial charge < -0.3 is 4.57 Å². The van der Waals surface area contributed by atoms with Gasteiger partial charge in [0, 0.05) is 34.9 Å². The summed E-state index contributed by atoms with van der Waals surface area (Å²) >= 11 is 1.58. The molecule has 0 bridgehead atoms. The molecule has 36 heavy (non-hydrogen) atoms. The third-order valence-corrected chi connectivity index (χ3v) is 8.26. The molecule has 1 fully saturated rings. The van der Waals surface area contributed by atoms with E-state index >= 15 is 0 Å². The number of aromatic nitrogens is 2. The highest BCUT2D eigenvalue weighted by atomic mass is 32.1. The fraction of sp³-hybridized carbons (Fsp3) is 0.333. The number of hydrogen-bond donors (Lipinski definition) is 0. The van der Waals surface area contributed by atoms with Crippen molar-refractivity contribution in [3.63, 3.8) is 0 Å². The maximum Gasteiger partial charge on any atom is 0.173 e. The lowest BCUT2D eigenvalue weighted by Gasteiger charge is -2.31. The highest BCUT2D eigenvalue weighted by molar-refractivity contribution is 7.14. The lowest BCUT2D eigenvalue weighted by atomic mass is 9.82. The summed E-state index contributed by atoms with van der Waals surface area (Å²) < 4.78 is 2.31. The fourth-order valence-electron chi connectivity index (χ4n) is 5.37. The molecule has 4 aromatic rings.